The smallest absolute Gasteiger partial charge is 0.236 e. The second-order valence-electron chi connectivity index (χ2n) is 3.05. The van der Waals surface area contributed by atoms with E-state index in [0.717, 1.165) is 0 Å². The first-order valence-electron chi connectivity index (χ1n) is 3.95. The third-order valence-corrected chi connectivity index (χ3v) is 1.60. The number of carbonyl (C=O) groups is 2. The Kier molecular flexibility index (Phi) is 2.58. The van der Waals surface area contributed by atoms with E-state index in [4.69, 9.17) is 0 Å². The van der Waals surface area contributed by atoms with Gasteiger partial charge in [0.05, 0.1) is 6.54 Å². The first-order valence-corrected chi connectivity index (χ1v) is 3.95. The third-order valence-electron chi connectivity index (χ3n) is 1.60. The van der Waals surface area contributed by atoms with Crippen LogP contribution >= 0.6 is 0 Å². The van der Waals surface area contributed by atoms with Gasteiger partial charge in [-0.15, -0.1) is 0 Å². The number of hydrogen-bond acceptors (Lipinski definition) is 3. The predicted octanol–water partition coefficient (Wildman–Crippen LogP) is -0.219. The number of nitrogens with zero attached hydrogens (tertiary/aromatic N) is 1. The van der Waals surface area contributed by atoms with Gasteiger partial charge in [-0.2, -0.15) is 0 Å². The largest absolute Gasteiger partial charge is 0.348 e. The maximum atomic E-state index is 11.0. The molecule has 1 atom stereocenters. The Morgan fingerprint density at radius 3 is 2.67 bits per heavy atom. The second kappa shape index (κ2) is 3.47. The molecule has 0 aromatic carbocycles. The molecular weight excluding hydrogens is 156 g/mol. The molecule has 0 spiro atoms. The highest BCUT2D eigenvalue weighted by Crippen LogP contribution is 2.02. The molecule has 1 N–H and O–H groups in total. The molecule has 1 aliphatic rings. The normalized spacial score (nSPS) is 24.1. The van der Waals surface area contributed by atoms with Crippen molar-refractivity contribution in [2.75, 3.05) is 6.54 Å². The highest BCUT2D eigenvalue weighted by molar-refractivity contribution is 6.18. The van der Waals surface area contributed by atoms with E-state index in [-0.39, 0.29) is 24.3 Å². The highest BCUT2D eigenvalue weighted by atomic mass is 16.2. The van der Waals surface area contributed by atoms with Gasteiger partial charge in [-0.1, -0.05) is 0 Å². The van der Waals surface area contributed by atoms with Crippen LogP contribution in [0.15, 0.2) is 4.99 Å². The molecule has 1 aliphatic heterocycles. The van der Waals surface area contributed by atoms with Gasteiger partial charge in [0.25, 0.3) is 0 Å². The fourth-order valence-corrected chi connectivity index (χ4v) is 0.949. The molecule has 1 rings (SSSR count). The number of hydrogen-bond donors (Lipinski definition) is 1. The van der Waals surface area contributed by atoms with Gasteiger partial charge in [0.2, 0.25) is 5.91 Å². The molecule has 12 heavy (non-hydrogen) atoms. The molecule has 66 valence electrons. The summed E-state index contributed by atoms with van der Waals surface area (Å²) in [6, 6.07) is 0.131. The van der Waals surface area contributed by atoms with Gasteiger partial charge in [-0.3, -0.25) is 14.6 Å². The lowest BCUT2D eigenvalue weighted by Crippen LogP contribution is -2.21. The topological polar surface area (TPSA) is 58.5 Å². The maximum Gasteiger partial charge on any atom is 0.236 e. The average Bonchev–Trinajstić information content (AvgIpc) is 2.28. The summed E-state index contributed by atoms with van der Waals surface area (Å²) in [6.45, 7) is 3.94. The van der Waals surface area contributed by atoms with Crippen LogP contribution in [-0.4, -0.2) is 30.5 Å². The molecule has 1 amide bonds. The molecule has 0 aliphatic carbocycles. The van der Waals surface area contributed by atoms with E-state index in [1.807, 2.05) is 13.8 Å². The average molecular weight is 168 g/mol. The number of Topliss-reactive ketones (excluding diaryl/α,β-unsaturated/α-hetero) is 1. The summed E-state index contributed by atoms with van der Waals surface area (Å²) in [4.78, 5) is 26.0. The quantitative estimate of drug-likeness (QED) is 0.458. The Bertz CT molecular complexity index is 217. The SMILES string of the molecule is CC(C)N=CC1C(=O)CNC1=O. The van der Waals surface area contributed by atoms with E-state index in [1.165, 1.54) is 6.21 Å². The Morgan fingerprint density at radius 1 is 1.58 bits per heavy atom. The standard InChI is InChI=1S/C8H12N2O2/c1-5(2)9-3-6-7(11)4-10-8(6)12/h3,5-6H,4H2,1-2H3,(H,10,12). The molecule has 1 saturated heterocycles. The zero-order valence-electron chi connectivity index (χ0n) is 7.20. The van der Waals surface area contributed by atoms with Crippen LogP contribution in [0.2, 0.25) is 0 Å². The molecule has 4 heteroatoms. The Labute approximate surface area is 71.1 Å². The summed E-state index contributed by atoms with van der Waals surface area (Å²) < 4.78 is 0. The van der Waals surface area contributed by atoms with E-state index >= 15 is 0 Å². The molecule has 0 radical (unpaired) electrons. The third kappa shape index (κ3) is 1.90. The van der Waals surface area contributed by atoms with Gasteiger partial charge in [-0.25, -0.2) is 0 Å². The summed E-state index contributed by atoms with van der Waals surface area (Å²) in [5.41, 5.74) is 0. The fourth-order valence-electron chi connectivity index (χ4n) is 0.949. The molecule has 1 fully saturated rings. The summed E-state index contributed by atoms with van der Waals surface area (Å²) >= 11 is 0. The Balaban J connectivity index is 2.62. The lowest BCUT2D eigenvalue weighted by molar-refractivity contribution is -0.124. The number of amides is 1. The van der Waals surface area contributed by atoms with Crippen molar-refractivity contribution < 1.29 is 9.59 Å². The van der Waals surface area contributed by atoms with E-state index in [1.54, 1.807) is 0 Å². The van der Waals surface area contributed by atoms with E-state index in [0.29, 0.717) is 0 Å². The maximum absolute atomic E-state index is 11.0. The van der Waals surface area contributed by atoms with Crippen molar-refractivity contribution in [2.45, 2.75) is 19.9 Å². The first kappa shape index (κ1) is 8.90. The molecular formula is C8H12N2O2. The van der Waals surface area contributed by atoms with Crippen molar-refractivity contribution in [1.29, 1.82) is 0 Å². The first-order chi connectivity index (χ1) is 5.61. The van der Waals surface area contributed by atoms with Crippen LogP contribution in [0.25, 0.3) is 0 Å². The number of nitrogens with one attached hydrogen (secondary N) is 1. The molecule has 0 saturated carbocycles. The van der Waals surface area contributed by atoms with Crippen LogP contribution in [0.4, 0.5) is 0 Å². The lowest BCUT2D eigenvalue weighted by Gasteiger charge is -1.98. The summed E-state index contributed by atoms with van der Waals surface area (Å²) in [5, 5.41) is 2.46. The van der Waals surface area contributed by atoms with Crippen LogP contribution in [0.3, 0.4) is 0 Å². The molecule has 4 nitrogen and oxygen atoms in total. The molecule has 0 aromatic rings. The summed E-state index contributed by atoms with van der Waals surface area (Å²) in [6.07, 6.45) is 1.44. The van der Waals surface area contributed by atoms with Gasteiger partial charge in [0, 0.05) is 12.3 Å². The molecule has 1 unspecified atom stereocenters. The van der Waals surface area contributed by atoms with Crippen LogP contribution < -0.4 is 5.32 Å². The van der Waals surface area contributed by atoms with Gasteiger partial charge in [-0.05, 0) is 13.8 Å². The van der Waals surface area contributed by atoms with Crippen molar-refractivity contribution in [3.8, 4) is 0 Å². The van der Waals surface area contributed by atoms with E-state index in [2.05, 4.69) is 10.3 Å². The number of carbonyl (C=O) groups excluding carboxylic acids is 2. The summed E-state index contributed by atoms with van der Waals surface area (Å²) in [7, 11) is 0. The van der Waals surface area contributed by atoms with E-state index < -0.39 is 5.92 Å². The fraction of sp³-hybridized carbons (Fsp3) is 0.625. The van der Waals surface area contributed by atoms with Gasteiger partial charge in [0.1, 0.15) is 5.92 Å². The number of ketones is 1. The zero-order valence-corrected chi connectivity index (χ0v) is 7.20. The van der Waals surface area contributed by atoms with E-state index in [9.17, 15) is 9.59 Å². The van der Waals surface area contributed by atoms with Crippen molar-refractivity contribution in [3.05, 3.63) is 0 Å². The zero-order chi connectivity index (χ0) is 9.14. The Hall–Kier alpha value is -1.19. The predicted molar refractivity (Wildman–Crippen MR) is 45.1 cm³/mol. The van der Waals surface area contributed by atoms with Crippen LogP contribution in [0.5, 0.6) is 0 Å². The monoisotopic (exact) mass is 168 g/mol. The Morgan fingerprint density at radius 2 is 2.25 bits per heavy atom. The number of rotatable bonds is 2. The van der Waals surface area contributed by atoms with Crippen LogP contribution in [0.1, 0.15) is 13.8 Å². The van der Waals surface area contributed by atoms with Crippen molar-refractivity contribution in [1.82, 2.24) is 5.32 Å². The molecule has 0 aromatic heterocycles. The van der Waals surface area contributed by atoms with Crippen LogP contribution in [-0.2, 0) is 9.59 Å². The van der Waals surface area contributed by atoms with Crippen LogP contribution in [0, 0.1) is 5.92 Å². The highest BCUT2D eigenvalue weighted by Gasteiger charge is 2.30. The van der Waals surface area contributed by atoms with Crippen molar-refractivity contribution in [2.24, 2.45) is 10.9 Å². The van der Waals surface area contributed by atoms with Crippen molar-refractivity contribution >= 4 is 17.9 Å². The molecule has 1 heterocycles. The minimum Gasteiger partial charge on any atom is -0.348 e. The summed E-state index contributed by atoms with van der Waals surface area (Å²) in [5.74, 6) is -0.971. The van der Waals surface area contributed by atoms with Gasteiger partial charge >= 0.3 is 0 Å². The van der Waals surface area contributed by atoms with Gasteiger partial charge < -0.3 is 5.32 Å². The van der Waals surface area contributed by atoms with Gasteiger partial charge in [0.15, 0.2) is 5.78 Å². The minimum absolute atomic E-state index is 0.0931. The van der Waals surface area contributed by atoms with Crippen molar-refractivity contribution in [3.63, 3.8) is 0 Å². The minimum atomic E-state index is -0.646. The molecule has 0 bridgehead atoms. The number of aliphatic imine (C=N–C) groups is 1. The lowest BCUT2D eigenvalue weighted by atomic mass is 10.1. The second-order valence-corrected chi connectivity index (χ2v) is 3.05.